The lowest BCUT2D eigenvalue weighted by atomic mass is 9.67. The number of aliphatic hydroxyl groups is 1. The zero-order chi connectivity index (χ0) is 25.9. The Morgan fingerprint density at radius 3 is 2.11 bits per heavy atom. The quantitative estimate of drug-likeness (QED) is 0.444. The Hall–Kier alpha value is -1.96. The lowest BCUT2D eigenvalue weighted by Crippen LogP contribution is -2.64. The van der Waals surface area contributed by atoms with E-state index < -0.39 is 16.6 Å². The molecule has 2 fully saturated rings. The topological polar surface area (TPSA) is 90.1 Å². The molecule has 196 valence electrons. The SMILES string of the molecule is CCN(C)C1(c2ccccc2)CCC(CN(C)CC(C)(C)C(N)=O)(N(C=O)CC2(O)CCC2)CC1. The van der Waals surface area contributed by atoms with Crippen molar-refractivity contribution in [3.63, 3.8) is 0 Å². The number of β-amino-alcohol motifs (C(OH)–C–C–N with tert-alkyl or cyclic N) is 1. The van der Waals surface area contributed by atoms with Crippen LogP contribution in [-0.4, -0.2) is 83.5 Å². The number of carbonyl (C=O) groups excluding carboxylic acids is 2. The van der Waals surface area contributed by atoms with Crippen molar-refractivity contribution in [3.05, 3.63) is 35.9 Å². The van der Waals surface area contributed by atoms with Gasteiger partial charge >= 0.3 is 0 Å². The van der Waals surface area contributed by atoms with Crippen LogP contribution in [-0.2, 0) is 15.1 Å². The van der Waals surface area contributed by atoms with Gasteiger partial charge in [0.1, 0.15) is 0 Å². The number of nitrogens with two attached hydrogens (primary N) is 1. The zero-order valence-electron chi connectivity index (χ0n) is 22.4. The van der Waals surface area contributed by atoms with E-state index in [2.05, 4.69) is 54.1 Å². The van der Waals surface area contributed by atoms with Crippen molar-refractivity contribution in [1.29, 1.82) is 0 Å². The first kappa shape index (κ1) is 27.6. The Morgan fingerprint density at radius 1 is 1.06 bits per heavy atom. The van der Waals surface area contributed by atoms with Gasteiger partial charge in [-0.2, -0.15) is 0 Å². The molecule has 2 saturated carbocycles. The zero-order valence-corrected chi connectivity index (χ0v) is 22.4. The maximum Gasteiger partial charge on any atom is 0.224 e. The monoisotopic (exact) mass is 486 g/mol. The van der Waals surface area contributed by atoms with Crippen LogP contribution < -0.4 is 5.73 Å². The van der Waals surface area contributed by atoms with Crippen LogP contribution in [0, 0.1) is 5.41 Å². The summed E-state index contributed by atoms with van der Waals surface area (Å²) in [5.74, 6) is -0.328. The van der Waals surface area contributed by atoms with Crippen LogP contribution in [0.3, 0.4) is 0 Å². The summed E-state index contributed by atoms with van der Waals surface area (Å²) in [6, 6.07) is 10.7. The summed E-state index contributed by atoms with van der Waals surface area (Å²) in [6.45, 7) is 8.38. The fourth-order valence-corrected chi connectivity index (χ4v) is 6.29. The van der Waals surface area contributed by atoms with Crippen molar-refractivity contribution >= 4 is 12.3 Å². The predicted molar refractivity (Wildman–Crippen MR) is 140 cm³/mol. The van der Waals surface area contributed by atoms with Crippen LogP contribution >= 0.6 is 0 Å². The van der Waals surface area contributed by atoms with Gasteiger partial charge in [-0.1, -0.05) is 37.3 Å². The first-order valence-corrected chi connectivity index (χ1v) is 13.1. The van der Waals surface area contributed by atoms with Crippen molar-refractivity contribution in [1.82, 2.24) is 14.7 Å². The molecule has 1 aromatic rings. The van der Waals surface area contributed by atoms with Crippen LogP contribution in [0.15, 0.2) is 30.3 Å². The molecule has 7 heteroatoms. The molecule has 0 bridgehead atoms. The normalized spacial score (nSPS) is 26.4. The van der Waals surface area contributed by atoms with E-state index in [1.165, 1.54) is 5.56 Å². The van der Waals surface area contributed by atoms with Gasteiger partial charge in [0, 0.05) is 25.2 Å². The van der Waals surface area contributed by atoms with E-state index in [-0.39, 0.29) is 11.4 Å². The highest BCUT2D eigenvalue weighted by Gasteiger charge is 2.50. The summed E-state index contributed by atoms with van der Waals surface area (Å²) >= 11 is 0. The third kappa shape index (κ3) is 5.73. The molecule has 0 radical (unpaired) electrons. The summed E-state index contributed by atoms with van der Waals surface area (Å²) in [7, 11) is 4.20. The summed E-state index contributed by atoms with van der Waals surface area (Å²) in [5, 5.41) is 11.0. The lowest BCUT2D eigenvalue weighted by molar-refractivity contribution is -0.142. The molecular weight excluding hydrogens is 440 g/mol. The lowest BCUT2D eigenvalue weighted by Gasteiger charge is -2.56. The van der Waals surface area contributed by atoms with Gasteiger partial charge in [0.05, 0.1) is 16.6 Å². The van der Waals surface area contributed by atoms with Gasteiger partial charge in [-0.3, -0.25) is 14.5 Å². The van der Waals surface area contributed by atoms with E-state index in [1.54, 1.807) is 0 Å². The summed E-state index contributed by atoms with van der Waals surface area (Å²) in [5.41, 5.74) is 5.02. The number of benzene rings is 1. The van der Waals surface area contributed by atoms with Gasteiger partial charge in [0.25, 0.3) is 0 Å². The minimum absolute atomic E-state index is 0.0908. The summed E-state index contributed by atoms with van der Waals surface area (Å²) in [4.78, 5) is 31.0. The predicted octanol–water partition coefficient (Wildman–Crippen LogP) is 2.96. The molecule has 0 spiro atoms. The number of rotatable bonds is 12. The third-order valence-electron chi connectivity index (χ3n) is 8.91. The van der Waals surface area contributed by atoms with Gasteiger partial charge in [0.2, 0.25) is 12.3 Å². The van der Waals surface area contributed by atoms with Gasteiger partial charge in [-0.25, -0.2) is 0 Å². The van der Waals surface area contributed by atoms with Crippen LogP contribution in [0.2, 0.25) is 0 Å². The molecule has 0 saturated heterocycles. The van der Waals surface area contributed by atoms with Crippen molar-refractivity contribution in [2.24, 2.45) is 11.1 Å². The molecule has 3 N–H and O–H groups in total. The number of hydrogen-bond donors (Lipinski definition) is 2. The maximum atomic E-state index is 12.5. The van der Waals surface area contributed by atoms with E-state index in [0.717, 1.165) is 57.9 Å². The van der Waals surface area contributed by atoms with Crippen molar-refractivity contribution in [3.8, 4) is 0 Å². The molecule has 2 amide bonds. The fourth-order valence-electron chi connectivity index (χ4n) is 6.29. The van der Waals surface area contributed by atoms with Crippen LogP contribution in [0.25, 0.3) is 0 Å². The van der Waals surface area contributed by atoms with Crippen LogP contribution in [0.5, 0.6) is 0 Å². The molecule has 1 aromatic carbocycles. The average molecular weight is 487 g/mol. The van der Waals surface area contributed by atoms with Gasteiger partial charge in [-0.05, 0) is 85.0 Å². The number of nitrogens with zero attached hydrogens (tertiary/aromatic N) is 3. The molecule has 0 aromatic heterocycles. The Labute approximate surface area is 211 Å². The molecule has 35 heavy (non-hydrogen) atoms. The van der Waals surface area contributed by atoms with E-state index in [0.29, 0.717) is 19.6 Å². The molecule has 2 aliphatic rings. The van der Waals surface area contributed by atoms with Crippen LogP contribution in [0.4, 0.5) is 0 Å². The second-order valence-electron chi connectivity index (χ2n) is 11.9. The highest BCUT2D eigenvalue weighted by atomic mass is 16.3. The maximum absolute atomic E-state index is 12.5. The Kier molecular flexibility index (Phi) is 8.34. The van der Waals surface area contributed by atoms with Gasteiger partial charge in [0.15, 0.2) is 0 Å². The third-order valence-corrected chi connectivity index (χ3v) is 8.91. The minimum atomic E-state index is -0.785. The van der Waals surface area contributed by atoms with Gasteiger partial charge < -0.3 is 20.6 Å². The van der Waals surface area contributed by atoms with Gasteiger partial charge in [-0.15, -0.1) is 0 Å². The molecule has 3 rings (SSSR count). The number of hydrogen-bond acceptors (Lipinski definition) is 5. The fraction of sp³-hybridized carbons (Fsp3) is 0.714. The van der Waals surface area contributed by atoms with E-state index in [4.69, 9.17) is 5.73 Å². The Morgan fingerprint density at radius 2 is 1.66 bits per heavy atom. The molecule has 7 nitrogen and oxygen atoms in total. The number of primary amides is 1. The Balaban J connectivity index is 1.91. The number of carbonyl (C=O) groups is 2. The molecule has 0 atom stereocenters. The van der Waals surface area contributed by atoms with Crippen molar-refractivity contribution in [2.45, 2.75) is 82.4 Å². The standard InChI is InChI=1S/C28H46N4O3/c1-6-31(5)28(23-11-8-7-9-12-23)17-15-26(16-18-28,20-30(4)19-25(2,3)24(29)34)32(22-33)21-27(35)13-10-14-27/h7-9,11-12,22,35H,6,10,13-21H2,1-5H3,(H2,29,34). The molecule has 0 unspecified atom stereocenters. The molecule has 0 aliphatic heterocycles. The van der Waals surface area contributed by atoms with Crippen molar-refractivity contribution < 1.29 is 14.7 Å². The molecular formula is C28H46N4O3. The highest BCUT2D eigenvalue weighted by molar-refractivity contribution is 5.80. The Bertz CT molecular complexity index is 860. The first-order chi connectivity index (χ1) is 16.4. The number of likely N-dealkylation sites (N-methyl/N-ethyl adjacent to an activating group) is 1. The minimum Gasteiger partial charge on any atom is -0.388 e. The van der Waals surface area contributed by atoms with E-state index >= 15 is 0 Å². The van der Waals surface area contributed by atoms with Crippen molar-refractivity contribution in [2.75, 3.05) is 40.3 Å². The second kappa shape index (κ2) is 10.6. The van der Waals surface area contributed by atoms with Crippen LogP contribution in [0.1, 0.15) is 71.3 Å². The largest absolute Gasteiger partial charge is 0.388 e. The second-order valence-corrected chi connectivity index (χ2v) is 11.9. The number of amides is 2. The molecule has 2 aliphatic carbocycles. The summed E-state index contributed by atoms with van der Waals surface area (Å²) < 4.78 is 0. The summed E-state index contributed by atoms with van der Waals surface area (Å²) in [6.07, 6.45) is 6.90. The highest BCUT2D eigenvalue weighted by Crippen LogP contribution is 2.48. The first-order valence-electron chi connectivity index (χ1n) is 13.1. The average Bonchev–Trinajstić information content (AvgIpc) is 2.81. The molecule has 0 heterocycles. The smallest absolute Gasteiger partial charge is 0.224 e. The van der Waals surface area contributed by atoms with E-state index in [1.807, 2.05) is 25.8 Å². The van der Waals surface area contributed by atoms with E-state index in [9.17, 15) is 14.7 Å².